The lowest BCUT2D eigenvalue weighted by Gasteiger charge is -2.27. The van der Waals surface area contributed by atoms with E-state index >= 15 is 0 Å². The van der Waals surface area contributed by atoms with Gasteiger partial charge in [-0.3, -0.25) is 9.59 Å². The fourth-order valence-corrected chi connectivity index (χ4v) is 2.22. The zero-order valence-electron chi connectivity index (χ0n) is 16.8. The Hall–Kier alpha value is -2.04. The molecule has 0 aliphatic carbocycles. The topological polar surface area (TPSA) is 58.2 Å². The van der Waals surface area contributed by atoms with E-state index in [-0.39, 0.29) is 38.5 Å². The van der Waals surface area contributed by atoms with Crippen LogP contribution in [0.25, 0.3) is 0 Å². The SMILES string of the molecule is O=C(NCCCCCCCCNC(=O)C(F)(F)C(F)(F)C(F)(F)F)C(F)(F)C(F)(F)C(F)(F)F. The number of alkyl halides is 14. The van der Waals surface area contributed by atoms with Gasteiger partial charge in [0.15, 0.2) is 0 Å². The predicted molar refractivity (Wildman–Crippen MR) is 85.6 cm³/mol. The van der Waals surface area contributed by atoms with Gasteiger partial charge >= 0.3 is 36.0 Å². The van der Waals surface area contributed by atoms with Gasteiger partial charge in [0.05, 0.1) is 0 Å². The van der Waals surface area contributed by atoms with Crippen molar-refractivity contribution in [2.24, 2.45) is 0 Å². The van der Waals surface area contributed by atoms with Crippen molar-refractivity contribution in [1.82, 2.24) is 10.6 Å². The Morgan fingerprint density at radius 1 is 0.441 bits per heavy atom. The first-order valence-corrected chi connectivity index (χ1v) is 9.26. The molecule has 0 aliphatic rings. The third-order valence-electron chi connectivity index (χ3n) is 4.25. The number of carbonyl (C=O) groups is 2. The molecule has 2 N–H and O–H groups in total. The summed E-state index contributed by atoms with van der Waals surface area (Å²) in [6.07, 6.45) is -12.9. The van der Waals surface area contributed by atoms with Crippen molar-refractivity contribution < 1.29 is 71.1 Å². The van der Waals surface area contributed by atoms with Gasteiger partial charge in [0, 0.05) is 13.1 Å². The first-order chi connectivity index (χ1) is 15.0. The molecule has 0 unspecified atom stereocenters. The van der Waals surface area contributed by atoms with Gasteiger partial charge in [-0.15, -0.1) is 0 Å². The number of halogens is 14. The first kappa shape index (κ1) is 32.0. The molecule has 0 spiro atoms. The average molecular weight is 536 g/mol. The third-order valence-corrected chi connectivity index (χ3v) is 4.25. The van der Waals surface area contributed by atoms with E-state index in [4.69, 9.17) is 0 Å². The van der Waals surface area contributed by atoms with E-state index in [1.165, 1.54) is 10.6 Å². The monoisotopic (exact) mass is 536 g/mol. The summed E-state index contributed by atoms with van der Waals surface area (Å²) < 4.78 is 175. The second-order valence-electron chi connectivity index (χ2n) is 6.93. The molecule has 0 fully saturated rings. The number of carbonyl (C=O) groups excluding carboxylic acids is 2. The quantitative estimate of drug-likeness (QED) is 0.251. The molecule has 34 heavy (non-hydrogen) atoms. The molecule has 0 aromatic carbocycles. The first-order valence-electron chi connectivity index (χ1n) is 9.26. The lowest BCUT2D eigenvalue weighted by molar-refractivity contribution is -0.344. The summed E-state index contributed by atoms with van der Waals surface area (Å²) in [5.74, 6) is -30.9. The van der Waals surface area contributed by atoms with E-state index in [0.717, 1.165) is 0 Å². The molecular formula is C16H18F14N2O2. The van der Waals surface area contributed by atoms with Crippen molar-refractivity contribution in [2.45, 2.75) is 74.6 Å². The lowest BCUT2D eigenvalue weighted by Crippen LogP contribution is -2.59. The Kier molecular flexibility index (Phi) is 10.5. The van der Waals surface area contributed by atoms with Gasteiger partial charge in [0.1, 0.15) is 0 Å². The maximum Gasteiger partial charge on any atom is 0.460 e. The third kappa shape index (κ3) is 7.23. The van der Waals surface area contributed by atoms with Gasteiger partial charge in [-0.25, -0.2) is 0 Å². The van der Waals surface area contributed by atoms with Crippen LogP contribution >= 0.6 is 0 Å². The van der Waals surface area contributed by atoms with E-state index in [9.17, 15) is 71.1 Å². The van der Waals surface area contributed by atoms with Crippen molar-refractivity contribution in [2.75, 3.05) is 13.1 Å². The van der Waals surface area contributed by atoms with Crippen molar-refractivity contribution in [3.8, 4) is 0 Å². The highest BCUT2D eigenvalue weighted by atomic mass is 19.4. The van der Waals surface area contributed by atoms with E-state index in [0.29, 0.717) is 0 Å². The summed E-state index contributed by atoms with van der Waals surface area (Å²) >= 11 is 0. The zero-order valence-corrected chi connectivity index (χ0v) is 16.8. The van der Waals surface area contributed by atoms with Gasteiger partial charge in [0.2, 0.25) is 0 Å². The summed E-state index contributed by atoms with van der Waals surface area (Å²) in [7, 11) is 0. The van der Waals surface area contributed by atoms with Crippen LogP contribution < -0.4 is 10.6 Å². The molecule has 0 aliphatic heterocycles. The minimum absolute atomic E-state index is 0.129. The maximum absolute atomic E-state index is 13.0. The molecule has 18 heteroatoms. The number of nitrogens with one attached hydrogen (secondary N) is 2. The summed E-state index contributed by atoms with van der Waals surface area (Å²) in [5.41, 5.74) is 0. The number of rotatable bonds is 13. The summed E-state index contributed by atoms with van der Waals surface area (Å²) in [6.45, 7) is -1.36. The molecule has 202 valence electrons. The molecule has 2 amide bonds. The number of hydrogen-bond donors (Lipinski definition) is 2. The van der Waals surface area contributed by atoms with Crippen LogP contribution in [0.1, 0.15) is 38.5 Å². The largest absolute Gasteiger partial charge is 0.460 e. The maximum atomic E-state index is 13.0. The fourth-order valence-electron chi connectivity index (χ4n) is 2.22. The van der Waals surface area contributed by atoms with Crippen LogP contribution in [0, 0.1) is 0 Å². The molecule has 0 aromatic heterocycles. The average Bonchev–Trinajstić information content (AvgIpc) is 2.66. The second kappa shape index (κ2) is 11.1. The highest BCUT2D eigenvalue weighted by molar-refractivity contribution is 5.85. The highest BCUT2D eigenvalue weighted by Gasteiger charge is 2.77. The van der Waals surface area contributed by atoms with Crippen LogP contribution in [0.2, 0.25) is 0 Å². The van der Waals surface area contributed by atoms with Crippen LogP contribution in [0.5, 0.6) is 0 Å². The Morgan fingerprint density at radius 2 is 0.676 bits per heavy atom. The number of unbranched alkanes of at least 4 members (excludes halogenated alkanes) is 5. The Labute approximate surface area is 182 Å². The molecule has 0 aromatic rings. The van der Waals surface area contributed by atoms with Gasteiger partial charge in [-0.2, -0.15) is 61.5 Å². The zero-order chi connectivity index (χ0) is 27.2. The summed E-state index contributed by atoms with van der Waals surface area (Å²) in [5, 5.41) is 2.47. The van der Waals surface area contributed by atoms with E-state index in [2.05, 4.69) is 0 Å². The van der Waals surface area contributed by atoms with Crippen LogP contribution in [-0.4, -0.2) is 60.9 Å². The van der Waals surface area contributed by atoms with Crippen molar-refractivity contribution in [3.05, 3.63) is 0 Å². The molecular weight excluding hydrogens is 518 g/mol. The molecule has 0 bridgehead atoms. The predicted octanol–water partition coefficient (Wildman–Crippen LogP) is 5.23. The van der Waals surface area contributed by atoms with Crippen molar-refractivity contribution in [3.63, 3.8) is 0 Å². The fraction of sp³-hybridized carbons (Fsp3) is 0.875. The summed E-state index contributed by atoms with van der Waals surface area (Å²) in [4.78, 5) is 21.9. The Bertz CT molecular complexity index is 630. The van der Waals surface area contributed by atoms with Crippen LogP contribution in [0.3, 0.4) is 0 Å². The molecule has 0 heterocycles. The van der Waals surface area contributed by atoms with Crippen molar-refractivity contribution in [1.29, 1.82) is 0 Å². The number of hydrogen-bond acceptors (Lipinski definition) is 2. The Morgan fingerprint density at radius 3 is 0.912 bits per heavy atom. The van der Waals surface area contributed by atoms with Crippen LogP contribution in [0.15, 0.2) is 0 Å². The van der Waals surface area contributed by atoms with Crippen molar-refractivity contribution >= 4 is 11.8 Å². The lowest BCUT2D eigenvalue weighted by atomic mass is 10.1. The molecule has 0 saturated carbocycles. The van der Waals surface area contributed by atoms with Gasteiger partial charge in [0.25, 0.3) is 11.8 Å². The van der Waals surface area contributed by atoms with Crippen LogP contribution in [0.4, 0.5) is 61.5 Å². The van der Waals surface area contributed by atoms with E-state index in [1.54, 1.807) is 0 Å². The smallest absolute Gasteiger partial charge is 0.351 e. The van der Waals surface area contributed by atoms with Gasteiger partial charge in [-0.05, 0) is 12.8 Å². The highest BCUT2D eigenvalue weighted by Crippen LogP contribution is 2.47. The summed E-state index contributed by atoms with van der Waals surface area (Å²) in [6, 6.07) is 0. The molecule has 0 rings (SSSR count). The Balaban J connectivity index is 4.17. The van der Waals surface area contributed by atoms with E-state index < -0.39 is 60.9 Å². The number of amides is 2. The molecule has 0 atom stereocenters. The van der Waals surface area contributed by atoms with E-state index in [1.807, 2.05) is 0 Å². The molecule has 0 radical (unpaired) electrons. The minimum Gasteiger partial charge on any atom is -0.351 e. The molecule has 4 nitrogen and oxygen atoms in total. The second-order valence-corrected chi connectivity index (χ2v) is 6.93. The van der Waals surface area contributed by atoms with Crippen LogP contribution in [-0.2, 0) is 9.59 Å². The normalized spacial score (nSPS) is 14.2. The van der Waals surface area contributed by atoms with Gasteiger partial charge in [-0.1, -0.05) is 25.7 Å². The molecule has 0 saturated heterocycles. The minimum atomic E-state index is -6.66. The van der Waals surface area contributed by atoms with Gasteiger partial charge < -0.3 is 10.6 Å². The standard InChI is InChI=1S/C16H18F14N2O2/c17-11(18,13(21,22)15(25,26)27)9(33)31-7-5-3-1-2-4-6-8-32-10(34)12(19,20)14(23,24)16(28,29)30/h1-8H2,(H,31,33)(H,32,34).